The molecule has 218 valence electrons. The summed E-state index contributed by atoms with van der Waals surface area (Å²) in [7, 11) is 0. The molecule has 3 aliphatic heterocycles. The van der Waals surface area contributed by atoms with Gasteiger partial charge in [0, 0.05) is 49.1 Å². The van der Waals surface area contributed by atoms with Crippen molar-refractivity contribution < 1.29 is 14.3 Å². The van der Waals surface area contributed by atoms with E-state index >= 15 is 0 Å². The molecule has 0 spiro atoms. The maximum absolute atomic E-state index is 12.4. The van der Waals surface area contributed by atoms with Crippen LogP contribution in [0.4, 0.5) is 11.4 Å². The van der Waals surface area contributed by atoms with Crippen molar-refractivity contribution in [3.05, 3.63) is 128 Å². The second-order valence-electron chi connectivity index (χ2n) is 10.4. The van der Waals surface area contributed by atoms with E-state index < -0.39 is 5.72 Å². The first-order chi connectivity index (χ1) is 20.8. The standard InChI is InChI=1S/C18H16Cl2N2O2.C15H11ClN2O/c1-11-10-24-18(13-4-2-3-5-15(13)20)14-8-12(19)6-7-16(14)21-17(23)9-22(11)18;16-11-6-7-13-12(8-11)15(17-9-14(19)18-13)10-4-2-1-3-5-10/h2-8,11H,9-10H2,1H3,(H,21,23);1-8H,9H2,(H,18,19). The lowest BCUT2D eigenvalue weighted by molar-refractivity contribution is -0.121. The Kier molecular flexibility index (Phi) is 8.27. The van der Waals surface area contributed by atoms with Crippen LogP contribution in [0.25, 0.3) is 0 Å². The molecule has 4 aromatic carbocycles. The van der Waals surface area contributed by atoms with Gasteiger partial charge in [-0.3, -0.25) is 19.5 Å². The van der Waals surface area contributed by atoms with Crippen molar-refractivity contribution in [3.63, 3.8) is 0 Å². The summed E-state index contributed by atoms with van der Waals surface area (Å²) in [4.78, 5) is 30.5. The molecule has 7 nitrogen and oxygen atoms in total. The molecule has 1 fully saturated rings. The van der Waals surface area contributed by atoms with Crippen LogP contribution < -0.4 is 10.6 Å². The maximum Gasteiger partial charge on any atom is 0.246 e. The lowest BCUT2D eigenvalue weighted by Crippen LogP contribution is -2.47. The average molecular weight is 634 g/mol. The number of ether oxygens (including phenoxy) is 1. The topological polar surface area (TPSA) is 83.0 Å². The highest BCUT2D eigenvalue weighted by Gasteiger charge is 2.53. The Morgan fingerprint density at radius 1 is 0.814 bits per heavy atom. The van der Waals surface area contributed by atoms with Gasteiger partial charge in [-0.2, -0.15) is 0 Å². The minimum absolute atomic E-state index is 0.0666. The minimum atomic E-state index is -0.933. The predicted molar refractivity (Wildman–Crippen MR) is 171 cm³/mol. The van der Waals surface area contributed by atoms with Crippen LogP contribution in [0.15, 0.2) is 96.0 Å². The number of amides is 2. The van der Waals surface area contributed by atoms with Crippen LogP contribution in [0, 0.1) is 0 Å². The number of anilines is 2. The summed E-state index contributed by atoms with van der Waals surface area (Å²) in [6.07, 6.45) is 0. The number of hydrogen-bond acceptors (Lipinski definition) is 5. The molecular formula is C33H27Cl3N4O3. The van der Waals surface area contributed by atoms with E-state index in [2.05, 4.69) is 15.6 Å². The molecule has 2 atom stereocenters. The zero-order chi connectivity index (χ0) is 30.1. The molecule has 2 unspecified atom stereocenters. The van der Waals surface area contributed by atoms with Gasteiger partial charge in [0.25, 0.3) is 0 Å². The van der Waals surface area contributed by atoms with Gasteiger partial charge in [-0.25, -0.2) is 0 Å². The number of fused-ring (bicyclic) bond motifs is 4. The highest BCUT2D eigenvalue weighted by molar-refractivity contribution is 6.32. The normalized spacial score (nSPS) is 21.0. The molecule has 0 aromatic heterocycles. The quantitative estimate of drug-likeness (QED) is 0.249. The first kappa shape index (κ1) is 29.4. The summed E-state index contributed by atoms with van der Waals surface area (Å²) in [5, 5.41) is 7.59. The van der Waals surface area contributed by atoms with Crippen molar-refractivity contribution in [2.24, 2.45) is 4.99 Å². The van der Waals surface area contributed by atoms with E-state index in [0.717, 1.165) is 33.7 Å². The summed E-state index contributed by atoms with van der Waals surface area (Å²) in [6.45, 7) is 2.89. The molecule has 0 aliphatic carbocycles. The number of halogens is 3. The zero-order valence-electron chi connectivity index (χ0n) is 23.1. The van der Waals surface area contributed by atoms with Crippen molar-refractivity contribution in [3.8, 4) is 0 Å². The van der Waals surface area contributed by atoms with E-state index in [-0.39, 0.29) is 30.9 Å². The summed E-state index contributed by atoms with van der Waals surface area (Å²) < 4.78 is 6.32. The second-order valence-corrected chi connectivity index (χ2v) is 11.7. The van der Waals surface area contributed by atoms with Crippen LogP contribution in [0.1, 0.15) is 29.2 Å². The number of nitrogens with one attached hydrogen (secondary N) is 2. The summed E-state index contributed by atoms with van der Waals surface area (Å²) in [5.74, 6) is -0.195. The molecule has 2 amide bonds. The van der Waals surface area contributed by atoms with Gasteiger partial charge < -0.3 is 15.4 Å². The number of aliphatic imine (C=N–C) groups is 1. The molecule has 0 saturated carbocycles. The molecular weight excluding hydrogens is 607 g/mol. The smallest absolute Gasteiger partial charge is 0.246 e. The molecule has 2 N–H and O–H groups in total. The Hall–Kier alpha value is -3.72. The van der Waals surface area contributed by atoms with Crippen molar-refractivity contribution in [1.29, 1.82) is 0 Å². The Morgan fingerprint density at radius 3 is 2.26 bits per heavy atom. The fraction of sp³-hybridized carbons (Fsp3) is 0.182. The van der Waals surface area contributed by atoms with Crippen molar-refractivity contribution in [1.82, 2.24) is 4.90 Å². The monoisotopic (exact) mass is 632 g/mol. The number of nitrogens with zero attached hydrogens (tertiary/aromatic N) is 2. The predicted octanol–water partition coefficient (Wildman–Crippen LogP) is 7.00. The van der Waals surface area contributed by atoms with E-state index in [1.807, 2.05) is 84.6 Å². The van der Waals surface area contributed by atoms with Gasteiger partial charge in [-0.1, -0.05) is 83.3 Å². The number of benzene rings is 4. The zero-order valence-corrected chi connectivity index (χ0v) is 25.4. The third kappa shape index (κ3) is 5.67. The molecule has 0 bridgehead atoms. The molecule has 43 heavy (non-hydrogen) atoms. The molecule has 10 heteroatoms. The van der Waals surface area contributed by atoms with Crippen LogP contribution >= 0.6 is 34.8 Å². The average Bonchev–Trinajstić information content (AvgIpc) is 3.14. The number of carbonyl (C=O) groups is 2. The Morgan fingerprint density at radius 2 is 1.49 bits per heavy atom. The van der Waals surface area contributed by atoms with Gasteiger partial charge in [0.2, 0.25) is 11.8 Å². The lowest BCUT2D eigenvalue weighted by Gasteiger charge is -2.38. The Balaban J connectivity index is 0.000000157. The molecule has 0 radical (unpaired) electrons. The third-order valence-electron chi connectivity index (χ3n) is 7.58. The first-order valence-electron chi connectivity index (χ1n) is 13.7. The van der Waals surface area contributed by atoms with Gasteiger partial charge in [-0.05, 0) is 49.4 Å². The van der Waals surface area contributed by atoms with Gasteiger partial charge in [0.1, 0.15) is 6.54 Å². The fourth-order valence-corrected chi connectivity index (χ4v) is 6.29. The largest absolute Gasteiger partial charge is 0.350 e. The second kappa shape index (κ2) is 12.1. The number of hydrogen-bond donors (Lipinski definition) is 2. The third-order valence-corrected chi connectivity index (χ3v) is 8.38. The Bertz CT molecular complexity index is 1750. The van der Waals surface area contributed by atoms with Crippen molar-refractivity contribution in [2.45, 2.75) is 18.7 Å². The Labute approximate surface area is 264 Å². The van der Waals surface area contributed by atoms with Gasteiger partial charge in [0.15, 0.2) is 5.72 Å². The molecule has 3 heterocycles. The highest BCUT2D eigenvalue weighted by Crippen LogP contribution is 2.49. The fourth-order valence-electron chi connectivity index (χ4n) is 5.68. The molecule has 4 aromatic rings. The lowest BCUT2D eigenvalue weighted by atomic mass is 9.91. The maximum atomic E-state index is 12.4. The first-order valence-corrected chi connectivity index (χ1v) is 14.8. The van der Waals surface area contributed by atoms with Crippen LogP contribution in [-0.2, 0) is 20.1 Å². The number of benzodiazepines with no additional fused rings is 1. The van der Waals surface area contributed by atoms with Crippen LogP contribution in [0.5, 0.6) is 0 Å². The molecule has 3 aliphatic rings. The van der Waals surface area contributed by atoms with E-state index in [1.54, 1.807) is 18.2 Å². The van der Waals surface area contributed by atoms with Gasteiger partial charge in [0.05, 0.1) is 24.6 Å². The van der Waals surface area contributed by atoms with Crippen LogP contribution in [0.3, 0.4) is 0 Å². The summed E-state index contributed by atoms with van der Waals surface area (Å²) in [5.41, 5.74) is 4.74. The van der Waals surface area contributed by atoms with Crippen molar-refractivity contribution >= 4 is 63.7 Å². The number of rotatable bonds is 2. The molecule has 1 saturated heterocycles. The summed E-state index contributed by atoms with van der Waals surface area (Å²) in [6, 6.07) is 28.2. The SMILES string of the molecule is CC1COC2(c3ccccc3Cl)c3cc(Cl)ccc3NC(=O)CN12.O=C1CN=C(c2ccccc2)c2cc(Cl)ccc2N1. The summed E-state index contributed by atoms with van der Waals surface area (Å²) >= 11 is 18.8. The van der Waals surface area contributed by atoms with Crippen molar-refractivity contribution in [2.75, 3.05) is 30.3 Å². The van der Waals surface area contributed by atoms with E-state index in [1.165, 1.54) is 0 Å². The minimum Gasteiger partial charge on any atom is -0.350 e. The van der Waals surface area contributed by atoms with E-state index in [9.17, 15) is 9.59 Å². The van der Waals surface area contributed by atoms with Crippen LogP contribution in [-0.4, -0.2) is 48.2 Å². The van der Waals surface area contributed by atoms with Gasteiger partial charge in [-0.15, -0.1) is 0 Å². The van der Waals surface area contributed by atoms with E-state index in [4.69, 9.17) is 39.5 Å². The number of carbonyl (C=O) groups excluding carboxylic acids is 2. The highest BCUT2D eigenvalue weighted by atomic mass is 35.5. The van der Waals surface area contributed by atoms with Crippen LogP contribution in [0.2, 0.25) is 15.1 Å². The van der Waals surface area contributed by atoms with E-state index in [0.29, 0.717) is 27.4 Å². The molecule has 7 rings (SSSR count). The van der Waals surface area contributed by atoms with Gasteiger partial charge >= 0.3 is 0 Å².